The predicted octanol–water partition coefficient (Wildman–Crippen LogP) is 3.63. The molecular formula is C17H14N2O3. The largest absolute Gasteiger partial charge is 0.288 e. The number of anilines is 1. The third-order valence-electron chi connectivity index (χ3n) is 3.70. The maximum absolute atomic E-state index is 12.3. The van der Waals surface area contributed by atoms with Gasteiger partial charge in [-0.05, 0) is 17.7 Å². The van der Waals surface area contributed by atoms with E-state index in [4.69, 9.17) is 0 Å². The molecule has 0 spiro atoms. The van der Waals surface area contributed by atoms with Crippen LogP contribution < -0.4 is 4.90 Å². The summed E-state index contributed by atoms with van der Waals surface area (Å²) in [6.07, 6.45) is 4.11. The van der Waals surface area contributed by atoms with Gasteiger partial charge in [0.05, 0.1) is 4.92 Å². The molecular weight excluding hydrogens is 280 g/mol. The number of nitrogens with zero attached hydrogens (tertiary/aromatic N) is 2. The zero-order valence-electron chi connectivity index (χ0n) is 11.8. The molecule has 1 aliphatic heterocycles. The topological polar surface area (TPSA) is 63.5 Å². The molecule has 1 unspecified atom stereocenters. The Balaban J connectivity index is 1.82. The second kappa shape index (κ2) is 5.81. The standard InChI is InChI=1S/C17H14N2O3/c20-17-12-14(13-4-2-1-3-5-13)10-11-18(17)15-6-8-16(9-7-15)19(21)22/h1-11,14H,12H2. The number of allylic oxidation sites excluding steroid dienone is 1. The zero-order valence-corrected chi connectivity index (χ0v) is 11.8. The maximum atomic E-state index is 12.3. The molecule has 110 valence electrons. The van der Waals surface area contributed by atoms with Crippen LogP contribution in [0.5, 0.6) is 0 Å². The molecule has 0 aromatic heterocycles. The molecule has 5 nitrogen and oxygen atoms in total. The lowest BCUT2D eigenvalue weighted by Crippen LogP contribution is -2.29. The fourth-order valence-electron chi connectivity index (χ4n) is 2.52. The van der Waals surface area contributed by atoms with Gasteiger partial charge in [0.25, 0.3) is 5.69 Å². The average Bonchev–Trinajstić information content (AvgIpc) is 2.56. The van der Waals surface area contributed by atoms with Gasteiger partial charge in [0.15, 0.2) is 0 Å². The van der Waals surface area contributed by atoms with Crippen LogP contribution in [-0.2, 0) is 4.79 Å². The smallest absolute Gasteiger partial charge is 0.269 e. The van der Waals surface area contributed by atoms with Gasteiger partial charge < -0.3 is 0 Å². The summed E-state index contributed by atoms with van der Waals surface area (Å²) in [6.45, 7) is 0. The second-order valence-corrected chi connectivity index (χ2v) is 5.10. The van der Waals surface area contributed by atoms with Gasteiger partial charge in [-0.25, -0.2) is 0 Å². The van der Waals surface area contributed by atoms with Crippen molar-refractivity contribution in [2.45, 2.75) is 12.3 Å². The van der Waals surface area contributed by atoms with Gasteiger partial charge in [-0.15, -0.1) is 0 Å². The van der Waals surface area contributed by atoms with Gasteiger partial charge in [0.1, 0.15) is 0 Å². The summed E-state index contributed by atoms with van der Waals surface area (Å²) >= 11 is 0. The molecule has 1 atom stereocenters. The van der Waals surface area contributed by atoms with Gasteiger partial charge in [-0.3, -0.25) is 19.8 Å². The van der Waals surface area contributed by atoms with Crippen LogP contribution in [0.3, 0.4) is 0 Å². The van der Waals surface area contributed by atoms with Gasteiger partial charge in [0, 0.05) is 36.4 Å². The van der Waals surface area contributed by atoms with Crippen LogP contribution in [0, 0.1) is 10.1 Å². The minimum Gasteiger partial charge on any atom is -0.288 e. The van der Waals surface area contributed by atoms with E-state index in [1.165, 1.54) is 17.0 Å². The van der Waals surface area contributed by atoms with E-state index < -0.39 is 4.92 Å². The number of nitro benzene ring substituents is 1. The number of hydrogen-bond donors (Lipinski definition) is 0. The molecule has 5 heteroatoms. The first-order valence-corrected chi connectivity index (χ1v) is 6.95. The number of carbonyl (C=O) groups is 1. The summed E-state index contributed by atoms with van der Waals surface area (Å²) in [5.74, 6) is 0.0493. The van der Waals surface area contributed by atoms with E-state index in [1.54, 1.807) is 18.3 Å². The molecule has 2 aromatic rings. The lowest BCUT2D eigenvalue weighted by molar-refractivity contribution is -0.384. The summed E-state index contributed by atoms with van der Waals surface area (Å²) in [5.41, 5.74) is 1.76. The van der Waals surface area contributed by atoms with E-state index in [0.29, 0.717) is 12.1 Å². The summed E-state index contributed by atoms with van der Waals surface area (Å²) in [4.78, 5) is 24.1. The Morgan fingerprint density at radius 3 is 2.32 bits per heavy atom. The van der Waals surface area contributed by atoms with Crippen molar-refractivity contribution in [1.82, 2.24) is 0 Å². The first-order valence-electron chi connectivity index (χ1n) is 6.95. The van der Waals surface area contributed by atoms with Crippen molar-refractivity contribution in [2.75, 3.05) is 4.90 Å². The maximum Gasteiger partial charge on any atom is 0.269 e. The van der Waals surface area contributed by atoms with Crippen LogP contribution >= 0.6 is 0 Å². The fourth-order valence-corrected chi connectivity index (χ4v) is 2.52. The van der Waals surface area contributed by atoms with Crippen LogP contribution in [0.4, 0.5) is 11.4 Å². The molecule has 0 radical (unpaired) electrons. The Hall–Kier alpha value is -2.95. The Kier molecular flexibility index (Phi) is 3.70. The molecule has 3 rings (SSSR count). The van der Waals surface area contributed by atoms with Crippen molar-refractivity contribution in [3.63, 3.8) is 0 Å². The predicted molar refractivity (Wildman–Crippen MR) is 83.5 cm³/mol. The lowest BCUT2D eigenvalue weighted by atomic mass is 9.93. The number of rotatable bonds is 3. The Labute approximate surface area is 127 Å². The van der Waals surface area contributed by atoms with Crippen molar-refractivity contribution >= 4 is 17.3 Å². The van der Waals surface area contributed by atoms with E-state index in [-0.39, 0.29) is 17.5 Å². The summed E-state index contributed by atoms with van der Waals surface area (Å²) in [6, 6.07) is 15.8. The number of hydrogen-bond acceptors (Lipinski definition) is 3. The van der Waals surface area contributed by atoms with E-state index >= 15 is 0 Å². The molecule has 0 N–H and O–H groups in total. The number of benzene rings is 2. The van der Waals surface area contributed by atoms with Gasteiger partial charge >= 0.3 is 0 Å². The molecule has 2 aromatic carbocycles. The summed E-state index contributed by atoms with van der Waals surface area (Å²) in [7, 11) is 0. The van der Waals surface area contributed by atoms with Crippen LogP contribution in [0.15, 0.2) is 66.9 Å². The molecule has 0 saturated heterocycles. The number of nitro groups is 1. The Morgan fingerprint density at radius 2 is 1.73 bits per heavy atom. The Morgan fingerprint density at radius 1 is 1.05 bits per heavy atom. The third-order valence-corrected chi connectivity index (χ3v) is 3.70. The third kappa shape index (κ3) is 2.74. The van der Waals surface area contributed by atoms with Crippen LogP contribution in [0.1, 0.15) is 17.9 Å². The number of non-ortho nitro benzene ring substituents is 1. The molecule has 22 heavy (non-hydrogen) atoms. The number of carbonyl (C=O) groups excluding carboxylic acids is 1. The molecule has 1 aliphatic rings. The first kappa shape index (κ1) is 14.0. The monoisotopic (exact) mass is 294 g/mol. The van der Waals surface area contributed by atoms with Crippen molar-refractivity contribution in [1.29, 1.82) is 0 Å². The van der Waals surface area contributed by atoms with E-state index in [0.717, 1.165) is 5.56 Å². The van der Waals surface area contributed by atoms with E-state index in [2.05, 4.69) is 0 Å². The molecule has 0 aliphatic carbocycles. The molecule has 1 amide bonds. The van der Waals surface area contributed by atoms with Crippen LogP contribution in [0.2, 0.25) is 0 Å². The molecule has 1 heterocycles. The van der Waals surface area contributed by atoms with Gasteiger partial charge in [-0.2, -0.15) is 0 Å². The SMILES string of the molecule is O=C1CC(c2ccccc2)C=CN1c1ccc([N+](=O)[O-])cc1. The van der Waals surface area contributed by atoms with Crippen LogP contribution in [0.25, 0.3) is 0 Å². The van der Waals surface area contributed by atoms with Gasteiger partial charge in [-0.1, -0.05) is 36.4 Å². The highest BCUT2D eigenvalue weighted by molar-refractivity contribution is 5.96. The molecule has 0 fully saturated rings. The van der Waals surface area contributed by atoms with E-state index in [9.17, 15) is 14.9 Å². The molecule has 0 bridgehead atoms. The van der Waals surface area contributed by atoms with Crippen molar-refractivity contribution in [3.05, 3.63) is 82.6 Å². The molecule has 0 saturated carbocycles. The van der Waals surface area contributed by atoms with E-state index in [1.807, 2.05) is 36.4 Å². The summed E-state index contributed by atoms with van der Waals surface area (Å²) in [5, 5.41) is 10.7. The fraction of sp³-hybridized carbons (Fsp3) is 0.118. The van der Waals surface area contributed by atoms with Crippen molar-refractivity contribution < 1.29 is 9.72 Å². The lowest BCUT2D eigenvalue weighted by Gasteiger charge is -2.26. The van der Waals surface area contributed by atoms with Crippen molar-refractivity contribution in [2.24, 2.45) is 0 Å². The zero-order chi connectivity index (χ0) is 15.5. The van der Waals surface area contributed by atoms with Crippen molar-refractivity contribution in [3.8, 4) is 0 Å². The first-order chi connectivity index (χ1) is 10.6. The highest BCUT2D eigenvalue weighted by Crippen LogP contribution is 2.29. The highest BCUT2D eigenvalue weighted by atomic mass is 16.6. The van der Waals surface area contributed by atoms with Crippen LogP contribution in [-0.4, -0.2) is 10.8 Å². The Bertz CT molecular complexity index is 723. The second-order valence-electron chi connectivity index (χ2n) is 5.10. The summed E-state index contributed by atoms with van der Waals surface area (Å²) < 4.78 is 0. The normalized spacial score (nSPS) is 17.5. The quantitative estimate of drug-likeness (QED) is 0.641. The number of amides is 1. The minimum atomic E-state index is -0.455. The van der Waals surface area contributed by atoms with Gasteiger partial charge in [0.2, 0.25) is 5.91 Å². The highest BCUT2D eigenvalue weighted by Gasteiger charge is 2.23. The average molecular weight is 294 g/mol. The minimum absolute atomic E-state index is 0.0133.